The van der Waals surface area contributed by atoms with E-state index in [4.69, 9.17) is 12.2 Å². The summed E-state index contributed by atoms with van der Waals surface area (Å²) in [6.45, 7) is -0.117. The van der Waals surface area contributed by atoms with E-state index in [2.05, 4.69) is 16.0 Å². The molecule has 0 unspecified atom stereocenters. The number of rotatable bonds is 5. The first-order chi connectivity index (χ1) is 6.11. The minimum atomic E-state index is -0.812. The molecular formula is C8H12N2O3. The fourth-order valence-corrected chi connectivity index (χ4v) is 0.708. The topological polar surface area (TPSA) is 81.4 Å². The normalized spacial score (nSPS) is 11.4. The molecule has 0 saturated carbocycles. The SMILES string of the molecule is C#CC[C@@H](NC(=O)COC)C(N)=O. The molecule has 13 heavy (non-hydrogen) atoms. The maximum atomic E-state index is 10.9. The number of terminal acetylenes is 1. The molecule has 3 N–H and O–H groups in total. The van der Waals surface area contributed by atoms with Crippen LogP contribution in [-0.4, -0.2) is 31.6 Å². The Hall–Kier alpha value is -1.54. The summed E-state index contributed by atoms with van der Waals surface area (Å²) in [6.07, 6.45) is 5.06. The molecule has 0 bridgehead atoms. The lowest BCUT2D eigenvalue weighted by Gasteiger charge is -2.11. The Labute approximate surface area is 76.6 Å². The van der Waals surface area contributed by atoms with Crippen molar-refractivity contribution in [1.29, 1.82) is 0 Å². The molecule has 0 rings (SSSR count). The molecule has 0 aromatic heterocycles. The number of hydrogen-bond donors (Lipinski definition) is 2. The fraction of sp³-hybridized carbons (Fsp3) is 0.500. The summed E-state index contributed by atoms with van der Waals surface area (Å²) in [7, 11) is 1.38. The zero-order chi connectivity index (χ0) is 10.3. The van der Waals surface area contributed by atoms with Crippen molar-refractivity contribution >= 4 is 11.8 Å². The predicted octanol–water partition coefficient (Wildman–Crippen LogP) is -1.37. The zero-order valence-electron chi connectivity index (χ0n) is 7.37. The molecule has 0 aromatic carbocycles. The van der Waals surface area contributed by atoms with Crippen molar-refractivity contribution in [3.8, 4) is 12.3 Å². The van der Waals surface area contributed by atoms with Crippen LogP contribution in [0.5, 0.6) is 0 Å². The molecule has 0 heterocycles. The van der Waals surface area contributed by atoms with Gasteiger partial charge in [-0.3, -0.25) is 9.59 Å². The van der Waals surface area contributed by atoms with Gasteiger partial charge in [-0.25, -0.2) is 0 Å². The smallest absolute Gasteiger partial charge is 0.246 e. The van der Waals surface area contributed by atoms with E-state index in [1.165, 1.54) is 7.11 Å². The van der Waals surface area contributed by atoms with Gasteiger partial charge in [-0.2, -0.15) is 0 Å². The first-order valence-electron chi connectivity index (χ1n) is 3.63. The second-order valence-electron chi connectivity index (χ2n) is 2.36. The van der Waals surface area contributed by atoms with Crippen LogP contribution in [0.25, 0.3) is 0 Å². The van der Waals surface area contributed by atoms with Crippen molar-refractivity contribution in [1.82, 2.24) is 5.32 Å². The third-order valence-corrected chi connectivity index (χ3v) is 1.28. The molecule has 1 atom stereocenters. The molecule has 0 fully saturated rings. The average molecular weight is 184 g/mol. The van der Waals surface area contributed by atoms with Crippen LogP contribution in [0.15, 0.2) is 0 Å². The summed E-state index contributed by atoms with van der Waals surface area (Å²) >= 11 is 0. The van der Waals surface area contributed by atoms with Crippen LogP contribution in [0.3, 0.4) is 0 Å². The van der Waals surface area contributed by atoms with Gasteiger partial charge in [-0.15, -0.1) is 12.3 Å². The molecule has 72 valence electrons. The Balaban J connectivity index is 4.03. The molecule has 0 spiro atoms. The highest BCUT2D eigenvalue weighted by Gasteiger charge is 2.15. The Morgan fingerprint density at radius 2 is 2.31 bits per heavy atom. The fourth-order valence-electron chi connectivity index (χ4n) is 0.708. The van der Waals surface area contributed by atoms with Gasteiger partial charge in [-0.1, -0.05) is 0 Å². The van der Waals surface area contributed by atoms with Gasteiger partial charge in [0.1, 0.15) is 12.6 Å². The van der Waals surface area contributed by atoms with Crippen LogP contribution in [0.1, 0.15) is 6.42 Å². The minimum Gasteiger partial charge on any atom is -0.375 e. The predicted molar refractivity (Wildman–Crippen MR) is 46.5 cm³/mol. The lowest BCUT2D eigenvalue weighted by molar-refractivity contribution is -0.129. The molecule has 0 aliphatic carbocycles. The van der Waals surface area contributed by atoms with Crippen LogP contribution in [0.2, 0.25) is 0 Å². The number of methoxy groups -OCH3 is 1. The third kappa shape index (κ3) is 4.82. The van der Waals surface area contributed by atoms with Crippen LogP contribution < -0.4 is 11.1 Å². The maximum absolute atomic E-state index is 10.9. The number of primary amides is 1. The Kier molecular flexibility index (Phi) is 5.32. The van der Waals surface area contributed by atoms with E-state index in [1.54, 1.807) is 0 Å². The molecular weight excluding hydrogens is 172 g/mol. The van der Waals surface area contributed by atoms with Crippen LogP contribution in [-0.2, 0) is 14.3 Å². The third-order valence-electron chi connectivity index (χ3n) is 1.28. The summed E-state index contributed by atoms with van der Waals surface area (Å²) in [5, 5.41) is 2.34. The minimum absolute atomic E-state index is 0.0881. The number of carbonyl (C=O) groups is 2. The molecule has 0 aliphatic heterocycles. The van der Waals surface area contributed by atoms with Crippen molar-refractivity contribution in [2.45, 2.75) is 12.5 Å². The maximum Gasteiger partial charge on any atom is 0.246 e. The van der Waals surface area contributed by atoms with E-state index in [-0.39, 0.29) is 13.0 Å². The number of carbonyl (C=O) groups excluding carboxylic acids is 2. The van der Waals surface area contributed by atoms with E-state index < -0.39 is 17.9 Å². The lowest BCUT2D eigenvalue weighted by atomic mass is 10.2. The summed E-state index contributed by atoms with van der Waals surface area (Å²) in [5.41, 5.74) is 4.98. The quantitative estimate of drug-likeness (QED) is 0.517. The van der Waals surface area contributed by atoms with Crippen molar-refractivity contribution in [2.24, 2.45) is 5.73 Å². The van der Waals surface area contributed by atoms with Crippen molar-refractivity contribution < 1.29 is 14.3 Å². The van der Waals surface area contributed by atoms with Crippen molar-refractivity contribution in [2.75, 3.05) is 13.7 Å². The lowest BCUT2D eigenvalue weighted by Crippen LogP contribution is -2.45. The number of nitrogens with one attached hydrogen (secondary N) is 1. The van der Waals surface area contributed by atoms with Crippen molar-refractivity contribution in [3.05, 3.63) is 0 Å². The highest BCUT2D eigenvalue weighted by molar-refractivity contribution is 5.87. The van der Waals surface area contributed by atoms with E-state index in [1.807, 2.05) is 0 Å². The van der Waals surface area contributed by atoms with Crippen molar-refractivity contribution in [3.63, 3.8) is 0 Å². The molecule has 5 heteroatoms. The van der Waals surface area contributed by atoms with Gasteiger partial charge >= 0.3 is 0 Å². The van der Waals surface area contributed by atoms with Crippen LogP contribution in [0.4, 0.5) is 0 Å². The molecule has 0 aliphatic rings. The van der Waals surface area contributed by atoms with E-state index in [0.29, 0.717) is 0 Å². The van der Waals surface area contributed by atoms with Gasteiger partial charge in [0.2, 0.25) is 11.8 Å². The Morgan fingerprint density at radius 1 is 1.69 bits per heavy atom. The standard InChI is InChI=1S/C8H12N2O3/c1-3-4-6(8(9)12)10-7(11)5-13-2/h1,6H,4-5H2,2H3,(H2,9,12)(H,10,11)/t6-/m1/s1. The molecule has 0 saturated heterocycles. The molecule has 0 aromatic rings. The zero-order valence-corrected chi connectivity index (χ0v) is 7.37. The number of amides is 2. The monoisotopic (exact) mass is 184 g/mol. The van der Waals surface area contributed by atoms with Gasteiger partial charge in [0.05, 0.1) is 0 Å². The van der Waals surface area contributed by atoms with E-state index >= 15 is 0 Å². The number of hydrogen-bond acceptors (Lipinski definition) is 3. The van der Waals surface area contributed by atoms with E-state index in [9.17, 15) is 9.59 Å². The largest absolute Gasteiger partial charge is 0.375 e. The Morgan fingerprint density at radius 3 is 2.69 bits per heavy atom. The summed E-state index contributed by atoms with van der Waals surface area (Å²) in [5.74, 6) is 1.17. The average Bonchev–Trinajstić information content (AvgIpc) is 2.04. The van der Waals surface area contributed by atoms with Gasteiger partial charge < -0.3 is 15.8 Å². The highest BCUT2D eigenvalue weighted by atomic mass is 16.5. The van der Waals surface area contributed by atoms with Gasteiger partial charge in [0, 0.05) is 13.5 Å². The molecule has 0 radical (unpaired) electrons. The van der Waals surface area contributed by atoms with Gasteiger partial charge in [-0.05, 0) is 0 Å². The number of ether oxygens (including phenoxy) is 1. The summed E-state index contributed by atoms with van der Waals surface area (Å²) in [4.78, 5) is 21.6. The summed E-state index contributed by atoms with van der Waals surface area (Å²) < 4.78 is 4.55. The van der Waals surface area contributed by atoms with Crippen LogP contribution >= 0.6 is 0 Å². The molecule has 2 amide bonds. The first kappa shape index (κ1) is 11.5. The second-order valence-corrected chi connectivity index (χ2v) is 2.36. The van der Waals surface area contributed by atoms with Gasteiger partial charge in [0.15, 0.2) is 0 Å². The highest BCUT2D eigenvalue weighted by Crippen LogP contribution is 1.88. The van der Waals surface area contributed by atoms with Gasteiger partial charge in [0.25, 0.3) is 0 Å². The first-order valence-corrected chi connectivity index (χ1v) is 3.63. The second kappa shape index (κ2) is 6.03. The Bertz CT molecular complexity index is 232. The summed E-state index contributed by atoms with van der Waals surface area (Å²) in [6, 6.07) is -0.812. The van der Waals surface area contributed by atoms with Crippen LogP contribution in [0, 0.1) is 12.3 Å². The number of nitrogens with two attached hydrogens (primary N) is 1. The molecule has 5 nitrogen and oxygen atoms in total. The van der Waals surface area contributed by atoms with E-state index in [0.717, 1.165) is 0 Å².